The summed E-state index contributed by atoms with van der Waals surface area (Å²) in [5, 5.41) is 7.16. The molecule has 2 aromatic heterocycles. The van der Waals surface area contributed by atoms with Gasteiger partial charge in [0.2, 0.25) is 0 Å². The molecule has 2 heterocycles. The summed E-state index contributed by atoms with van der Waals surface area (Å²) >= 11 is 1.85. The Morgan fingerprint density at radius 3 is 2.08 bits per heavy atom. The minimum absolute atomic E-state index is 0.898. The standard InChI is InChI=1S/C46H29NOS/c1-2-12-30(13-3-1)35-17-6-8-21-41(35)47(34-25-27-44-40(29-34)38-19-7-9-23-43(38)49-44)33-16-10-15-32(28-33)36-20-11-22-42-45(36)39-26-24-31-14-4-5-18-37(31)46(39)48-42/h1-29H. The van der Waals surface area contributed by atoms with Gasteiger partial charge in [-0.15, -0.1) is 11.3 Å². The van der Waals surface area contributed by atoms with Gasteiger partial charge >= 0.3 is 0 Å². The SMILES string of the molecule is c1ccc(-c2ccccc2N(c2cccc(-c3cccc4oc5c6ccccc6ccc5c34)c2)c2ccc3sc4ccccc4c3c2)cc1. The average molecular weight is 644 g/mol. The summed E-state index contributed by atoms with van der Waals surface area (Å²) in [6.07, 6.45) is 0. The fraction of sp³-hybridized carbons (Fsp3) is 0. The van der Waals surface area contributed by atoms with Crippen LogP contribution in [0.5, 0.6) is 0 Å². The van der Waals surface area contributed by atoms with Gasteiger partial charge in [-0.2, -0.15) is 0 Å². The molecule has 8 aromatic carbocycles. The number of benzene rings is 8. The van der Waals surface area contributed by atoms with Crippen molar-refractivity contribution in [3.8, 4) is 22.3 Å². The minimum atomic E-state index is 0.898. The second-order valence-electron chi connectivity index (χ2n) is 12.5. The van der Waals surface area contributed by atoms with E-state index in [1.807, 2.05) is 11.3 Å². The lowest BCUT2D eigenvalue weighted by Gasteiger charge is -2.28. The van der Waals surface area contributed by atoms with Gasteiger partial charge in [-0.1, -0.05) is 121 Å². The summed E-state index contributed by atoms with van der Waals surface area (Å²) in [6.45, 7) is 0. The van der Waals surface area contributed by atoms with Gasteiger partial charge in [-0.3, -0.25) is 0 Å². The molecule has 49 heavy (non-hydrogen) atoms. The van der Waals surface area contributed by atoms with Gasteiger partial charge in [-0.25, -0.2) is 0 Å². The zero-order valence-corrected chi connectivity index (χ0v) is 27.3. The maximum Gasteiger partial charge on any atom is 0.143 e. The molecule has 0 saturated heterocycles. The lowest BCUT2D eigenvalue weighted by atomic mass is 9.97. The van der Waals surface area contributed by atoms with Crippen molar-refractivity contribution in [2.45, 2.75) is 0 Å². The van der Waals surface area contributed by atoms with E-state index in [1.54, 1.807) is 0 Å². The summed E-state index contributed by atoms with van der Waals surface area (Å²) in [4.78, 5) is 2.42. The Labute approximate surface area is 287 Å². The van der Waals surface area contributed by atoms with Crippen LogP contribution in [0.4, 0.5) is 17.1 Å². The molecule has 0 spiro atoms. The van der Waals surface area contributed by atoms with E-state index in [0.29, 0.717) is 0 Å². The van der Waals surface area contributed by atoms with Gasteiger partial charge in [0.05, 0.1) is 5.69 Å². The third kappa shape index (κ3) is 4.55. The maximum absolute atomic E-state index is 6.57. The Kier molecular flexibility index (Phi) is 6.39. The lowest BCUT2D eigenvalue weighted by molar-refractivity contribution is 0.673. The zero-order chi connectivity index (χ0) is 32.3. The highest BCUT2D eigenvalue weighted by atomic mass is 32.1. The van der Waals surface area contributed by atoms with Crippen molar-refractivity contribution >= 4 is 81.3 Å². The number of hydrogen-bond acceptors (Lipinski definition) is 3. The van der Waals surface area contributed by atoms with Crippen LogP contribution in [0, 0.1) is 0 Å². The van der Waals surface area contributed by atoms with Crippen molar-refractivity contribution < 1.29 is 4.42 Å². The van der Waals surface area contributed by atoms with Crippen molar-refractivity contribution in [3.05, 3.63) is 176 Å². The Balaban J connectivity index is 1.21. The van der Waals surface area contributed by atoms with E-state index in [1.165, 1.54) is 36.7 Å². The number of rotatable bonds is 5. The van der Waals surface area contributed by atoms with Crippen LogP contribution in [0.15, 0.2) is 180 Å². The fourth-order valence-electron chi connectivity index (χ4n) is 7.42. The predicted molar refractivity (Wildman–Crippen MR) is 210 cm³/mol. The van der Waals surface area contributed by atoms with E-state index in [0.717, 1.165) is 55.5 Å². The first-order valence-electron chi connectivity index (χ1n) is 16.6. The van der Waals surface area contributed by atoms with E-state index < -0.39 is 0 Å². The molecule has 0 aliphatic rings. The molecule has 0 unspecified atom stereocenters. The second-order valence-corrected chi connectivity index (χ2v) is 13.6. The van der Waals surface area contributed by atoms with Crippen molar-refractivity contribution in [2.24, 2.45) is 0 Å². The molecule has 0 amide bonds. The summed E-state index contributed by atoms with van der Waals surface area (Å²) in [6, 6.07) is 63.2. The first-order chi connectivity index (χ1) is 24.3. The molecule has 0 saturated carbocycles. The maximum atomic E-state index is 6.57. The summed E-state index contributed by atoms with van der Waals surface area (Å²) in [5.41, 5.74) is 9.84. The number of nitrogens with zero attached hydrogens (tertiary/aromatic N) is 1. The van der Waals surface area contributed by atoms with Gasteiger partial charge < -0.3 is 9.32 Å². The molecule has 0 aliphatic carbocycles. The van der Waals surface area contributed by atoms with Crippen LogP contribution in [-0.2, 0) is 0 Å². The van der Waals surface area contributed by atoms with Crippen LogP contribution in [0.1, 0.15) is 0 Å². The molecular formula is C46H29NOS. The molecule has 0 bridgehead atoms. The van der Waals surface area contributed by atoms with E-state index >= 15 is 0 Å². The van der Waals surface area contributed by atoms with Crippen molar-refractivity contribution in [1.29, 1.82) is 0 Å². The summed E-state index contributed by atoms with van der Waals surface area (Å²) in [7, 11) is 0. The van der Waals surface area contributed by atoms with Crippen LogP contribution in [0.25, 0.3) is 75.1 Å². The Bertz CT molecular complexity index is 2840. The molecule has 10 rings (SSSR count). The number of furan rings is 1. The van der Waals surface area contributed by atoms with Gasteiger partial charge in [0.15, 0.2) is 0 Å². The molecule has 3 heteroatoms. The topological polar surface area (TPSA) is 16.4 Å². The van der Waals surface area contributed by atoms with E-state index in [4.69, 9.17) is 4.42 Å². The molecule has 0 atom stereocenters. The first kappa shape index (κ1) is 27.9. The molecule has 0 aliphatic heterocycles. The zero-order valence-electron chi connectivity index (χ0n) is 26.5. The van der Waals surface area contributed by atoms with Crippen LogP contribution >= 0.6 is 11.3 Å². The smallest absolute Gasteiger partial charge is 0.143 e. The van der Waals surface area contributed by atoms with Gasteiger partial charge in [0.1, 0.15) is 11.2 Å². The molecule has 230 valence electrons. The highest BCUT2D eigenvalue weighted by Gasteiger charge is 2.20. The van der Waals surface area contributed by atoms with Gasteiger partial charge in [0.25, 0.3) is 0 Å². The lowest BCUT2D eigenvalue weighted by Crippen LogP contribution is -2.11. The number of hydrogen-bond donors (Lipinski definition) is 0. The Morgan fingerprint density at radius 1 is 0.429 bits per heavy atom. The molecule has 10 aromatic rings. The first-order valence-corrected chi connectivity index (χ1v) is 17.4. The van der Waals surface area contributed by atoms with Gasteiger partial charge in [0, 0.05) is 53.3 Å². The quantitative estimate of drug-likeness (QED) is 0.186. The number of anilines is 3. The highest BCUT2D eigenvalue weighted by molar-refractivity contribution is 7.25. The van der Waals surface area contributed by atoms with Crippen molar-refractivity contribution in [1.82, 2.24) is 0 Å². The van der Waals surface area contributed by atoms with Crippen molar-refractivity contribution in [3.63, 3.8) is 0 Å². The van der Waals surface area contributed by atoms with Crippen molar-refractivity contribution in [2.75, 3.05) is 4.90 Å². The number of para-hydroxylation sites is 1. The van der Waals surface area contributed by atoms with E-state index in [9.17, 15) is 0 Å². The largest absolute Gasteiger partial charge is 0.455 e. The molecule has 0 fully saturated rings. The van der Waals surface area contributed by atoms with Crippen LogP contribution in [-0.4, -0.2) is 0 Å². The fourth-order valence-corrected chi connectivity index (χ4v) is 8.50. The Hall–Kier alpha value is -6.16. The average Bonchev–Trinajstić information content (AvgIpc) is 3.74. The predicted octanol–water partition coefficient (Wildman–Crippen LogP) is 13.9. The van der Waals surface area contributed by atoms with E-state index in [-0.39, 0.29) is 0 Å². The van der Waals surface area contributed by atoms with Crippen LogP contribution in [0.2, 0.25) is 0 Å². The van der Waals surface area contributed by atoms with E-state index in [2.05, 4.69) is 181 Å². The Morgan fingerprint density at radius 2 is 1.14 bits per heavy atom. The monoisotopic (exact) mass is 643 g/mol. The third-order valence-corrected chi connectivity index (χ3v) is 10.8. The molecule has 0 N–H and O–H groups in total. The molecular weight excluding hydrogens is 615 g/mol. The number of thiophene rings is 1. The highest BCUT2D eigenvalue weighted by Crippen LogP contribution is 2.45. The normalized spacial score (nSPS) is 11.7. The van der Waals surface area contributed by atoms with Gasteiger partial charge in [-0.05, 0) is 76.7 Å². The summed E-state index contributed by atoms with van der Waals surface area (Å²) < 4.78 is 9.17. The minimum Gasteiger partial charge on any atom is -0.455 e. The summed E-state index contributed by atoms with van der Waals surface area (Å²) in [5.74, 6) is 0. The number of fused-ring (bicyclic) bond motifs is 8. The second kappa shape index (κ2) is 11.2. The van der Waals surface area contributed by atoms with Crippen LogP contribution in [0.3, 0.4) is 0 Å². The third-order valence-electron chi connectivity index (χ3n) is 9.65. The molecule has 2 nitrogen and oxygen atoms in total. The molecule has 0 radical (unpaired) electrons. The van der Waals surface area contributed by atoms with Crippen LogP contribution < -0.4 is 4.90 Å².